The molecule has 0 aliphatic heterocycles. The molecule has 0 saturated heterocycles. The van der Waals surface area contributed by atoms with Crippen LogP contribution in [0.4, 0.5) is 8.78 Å². The SMILES string of the molecule is Cn1c(-c2ccc(O)cc2)cc2c(Sc3ccc(F)c(Cl)c3)nc(Sc3ccc(F)c(O)c3)nc21. The van der Waals surface area contributed by atoms with Gasteiger partial charge in [0.1, 0.15) is 22.2 Å². The van der Waals surface area contributed by atoms with Gasteiger partial charge in [-0.1, -0.05) is 23.4 Å². The Labute approximate surface area is 212 Å². The van der Waals surface area contributed by atoms with Crippen LogP contribution in [0.25, 0.3) is 22.3 Å². The van der Waals surface area contributed by atoms with Crippen LogP contribution in [-0.4, -0.2) is 24.7 Å². The van der Waals surface area contributed by atoms with Gasteiger partial charge in [-0.2, -0.15) is 0 Å². The Morgan fingerprint density at radius 2 is 1.51 bits per heavy atom. The smallest absolute Gasteiger partial charge is 0.195 e. The number of hydrogen-bond acceptors (Lipinski definition) is 6. The Bertz CT molecular complexity index is 1580. The highest BCUT2D eigenvalue weighted by molar-refractivity contribution is 8.00. The van der Waals surface area contributed by atoms with Gasteiger partial charge in [0.15, 0.2) is 16.7 Å². The van der Waals surface area contributed by atoms with Gasteiger partial charge >= 0.3 is 0 Å². The van der Waals surface area contributed by atoms with Crippen molar-refractivity contribution in [2.24, 2.45) is 7.05 Å². The van der Waals surface area contributed by atoms with E-state index in [0.717, 1.165) is 16.6 Å². The molecular formula is C25H16ClF2N3O2S2. The van der Waals surface area contributed by atoms with Crippen LogP contribution in [0.3, 0.4) is 0 Å². The second-order valence-electron chi connectivity index (χ2n) is 7.58. The number of phenols is 2. The van der Waals surface area contributed by atoms with E-state index in [1.165, 1.54) is 53.9 Å². The molecule has 5 nitrogen and oxygen atoms in total. The topological polar surface area (TPSA) is 71.2 Å². The second-order valence-corrected chi connectivity index (χ2v) is 10.1. The molecule has 0 atom stereocenters. The number of fused-ring (bicyclic) bond motifs is 1. The van der Waals surface area contributed by atoms with Gasteiger partial charge in [0.2, 0.25) is 0 Å². The number of aromatic hydroxyl groups is 2. The van der Waals surface area contributed by atoms with E-state index >= 15 is 0 Å². The first-order valence-corrected chi connectivity index (χ1v) is 12.3. The summed E-state index contributed by atoms with van der Waals surface area (Å²) in [6.45, 7) is 0. The molecule has 0 unspecified atom stereocenters. The molecule has 10 heteroatoms. The molecule has 0 saturated carbocycles. The highest BCUT2D eigenvalue weighted by atomic mass is 35.5. The van der Waals surface area contributed by atoms with E-state index in [9.17, 15) is 19.0 Å². The molecule has 2 N–H and O–H groups in total. The van der Waals surface area contributed by atoms with Crippen LogP contribution in [0.5, 0.6) is 11.5 Å². The number of hydrogen-bond donors (Lipinski definition) is 2. The van der Waals surface area contributed by atoms with Crippen molar-refractivity contribution >= 4 is 46.2 Å². The monoisotopic (exact) mass is 527 g/mol. The van der Waals surface area contributed by atoms with Crippen molar-refractivity contribution in [1.82, 2.24) is 14.5 Å². The predicted molar refractivity (Wildman–Crippen MR) is 133 cm³/mol. The Morgan fingerprint density at radius 3 is 2.20 bits per heavy atom. The van der Waals surface area contributed by atoms with E-state index in [-0.39, 0.29) is 10.8 Å². The molecule has 0 spiro atoms. The summed E-state index contributed by atoms with van der Waals surface area (Å²) in [5.41, 5.74) is 2.38. The highest BCUT2D eigenvalue weighted by Gasteiger charge is 2.18. The third-order valence-corrected chi connectivity index (χ3v) is 7.36. The molecule has 0 aliphatic carbocycles. The van der Waals surface area contributed by atoms with Crippen LogP contribution in [-0.2, 0) is 7.05 Å². The zero-order valence-corrected chi connectivity index (χ0v) is 20.4. The number of rotatable bonds is 5. The van der Waals surface area contributed by atoms with Crippen LogP contribution in [0.15, 0.2) is 86.7 Å². The second kappa shape index (κ2) is 9.41. The third-order valence-electron chi connectivity index (χ3n) is 5.23. The highest BCUT2D eigenvalue weighted by Crippen LogP contribution is 2.39. The zero-order valence-electron chi connectivity index (χ0n) is 18.0. The molecule has 0 bridgehead atoms. The van der Waals surface area contributed by atoms with E-state index in [0.29, 0.717) is 25.6 Å². The summed E-state index contributed by atoms with van der Waals surface area (Å²) < 4.78 is 29.1. The number of phenolic OH excluding ortho intramolecular Hbond substituents is 2. The molecule has 5 aromatic rings. The van der Waals surface area contributed by atoms with E-state index in [4.69, 9.17) is 21.6 Å². The van der Waals surface area contributed by atoms with Gasteiger partial charge in [-0.15, -0.1) is 0 Å². The normalized spacial score (nSPS) is 11.3. The summed E-state index contributed by atoms with van der Waals surface area (Å²) >= 11 is 8.47. The van der Waals surface area contributed by atoms with Crippen molar-refractivity contribution in [3.8, 4) is 22.8 Å². The van der Waals surface area contributed by atoms with Crippen molar-refractivity contribution in [1.29, 1.82) is 0 Å². The average molecular weight is 528 g/mol. The molecule has 2 heterocycles. The number of aryl methyl sites for hydroxylation is 1. The summed E-state index contributed by atoms with van der Waals surface area (Å²) in [5.74, 6) is -1.51. The fraction of sp³-hybridized carbons (Fsp3) is 0.0400. The van der Waals surface area contributed by atoms with Crippen molar-refractivity contribution in [2.45, 2.75) is 20.0 Å². The number of aromatic nitrogens is 3. The van der Waals surface area contributed by atoms with Crippen molar-refractivity contribution in [3.05, 3.63) is 83.4 Å². The van der Waals surface area contributed by atoms with Crippen LogP contribution in [0.2, 0.25) is 5.02 Å². The molecule has 35 heavy (non-hydrogen) atoms. The maximum Gasteiger partial charge on any atom is 0.195 e. The standard InChI is InChI=1S/C25H16ClF2N3O2S2/c1-31-21(13-2-4-14(32)5-3-13)12-17-23(31)29-25(35-16-7-9-20(28)22(33)11-16)30-24(17)34-15-6-8-19(27)18(26)10-15/h2-12,32-33H,1H3. The first-order chi connectivity index (χ1) is 16.8. The fourth-order valence-electron chi connectivity index (χ4n) is 3.49. The minimum Gasteiger partial charge on any atom is -0.508 e. The summed E-state index contributed by atoms with van der Waals surface area (Å²) in [6.07, 6.45) is 0. The molecule has 5 rings (SSSR count). The summed E-state index contributed by atoms with van der Waals surface area (Å²) in [4.78, 5) is 10.7. The first kappa shape index (κ1) is 23.5. The average Bonchev–Trinajstić information content (AvgIpc) is 3.16. The van der Waals surface area contributed by atoms with Gasteiger partial charge < -0.3 is 14.8 Å². The number of halogens is 3. The molecule has 0 radical (unpaired) electrons. The Balaban J connectivity index is 1.64. The molecule has 0 aliphatic rings. The lowest BCUT2D eigenvalue weighted by molar-refractivity contribution is 0.430. The van der Waals surface area contributed by atoms with Gasteiger partial charge in [0.25, 0.3) is 0 Å². The molecule has 0 amide bonds. The van der Waals surface area contributed by atoms with Crippen molar-refractivity contribution < 1.29 is 19.0 Å². The van der Waals surface area contributed by atoms with Crippen LogP contribution in [0.1, 0.15) is 0 Å². The van der Waals surface area contributed by atoms with Gasteiger partial charge in [0, 0.05) is 16.8 Å². The first-order valence-electron chi connectivity index (χ1n) is 10.2. The molecule has 0 fully saturated rings. The quantitative estimate of drug-likeness (QED) is 0.185. The summed E-state index contributed by atoms with van der Waals surface area (Å²) in [7, 11) is 1.87. The number of benzene rings is 3. The summed E-state index contributed by atoms with van der Waals surface area (Å²) in [5, 5.41) is 21.2. The van der Waals surface area contributed by atoms with Gasteiger partial charge in [-0.05, 0) is 84.1 Å². The van der Waals surface area contributed by atoms with Crippen LogP contribution in [0, 0.1) is 11.6 Å². The maximum absolute atomic E-state index is 13.7. The Hall–Kier alpha value is -3.27. The Morgan fingerprint density at radius 1 is 0.829 bits per heavy atom. The van der Waals surface area contributed by atoms with Crippen LogP contribution >= 0.6 is 35.1 Å². The van der Waals surface area contributed by atoms with Crippen LogP contribution < -0.4 is 0 Å². The molecule has 2 aromatic heterocycles. The lowest BCUT2D eigenvalue weighted by Crippen LogP contribution is -1.97. The zero-order chi connectivity index (χ0) is 24.7. The molecular weight excluding hydrogens is 512 g/mol. The fourth-order valence-corrected chi connectivity index (χ4v) is 5.51. The van der Waals surface area contributed by atoms with E-state index in [2.05, 4.69) is 0 Å². The van der Waals surface area contributed by atoms with Gasteiger partial charge in [0.05, 0.1) is 16.1 Å². The lowest BCUT2D eigenvalue weighted by atomic mass is 10.1. The van der Waals surface area contributed by atoms with E-state index in [1.54, 1.807) is 30.3 Å². The Kier molecular flexibility index (Phi) is 6.31. The number of nitrogens with zero attached hydrogens (tertiary/aromatic N) is 3. The van der Waals surface area contributed by atoms with Crippen molar-refractivity contribution in [2.75, 3.05) is 0 Å². The largest absolute Gasteiger partial charge is 0.508 e. The minimum absolute atomic E-state index is 0.00882. The third kappa shape index (κ3) is 4.80. The maximum atomic E-state index is 13.7. The van der Waals surface area contributed by atoms with E-state index in [1.807, 2.05) is 17.7 Å². The van der Waals surface area contributed by atoms with E-state index < -0.39 is 17.4 Å². The molecule has 176 valence electrons. The summed E-state index contributed by atoms with van der Waals surface area (Å²) in [6, 6.07) is 17.3. The van der Waals surface area contributed by atoms with Gasteiger partial charge in [-0.25, -0.2) is 18.7 Å². The minimum atomic E-state index is -0.712. The lowest BCUT2D eigenvalue weighted by Gasteiger charge is -2.08. The predicted octanol–water partition coefficient (Wildman–Crippen LogP) is 7.28. The molecule has 3 aromatic carbocycles. The van der Waals surface area contributed by atoms with Crippen molar-refractivity contribution in [3.63, 3.8) is 0 Å². The van der Waals surface area contributed by atoms with Gasteiger partial charge in [-0.3, -0.25) is 0 Å².